The van der Waals surface area contributed by atoms with Crippen molar-refractivity contribution in [3.05, 3.63) is 312 Å². The van der Waals surface area contributed by atoms with Crippen molar-refractivity contribution < 1.29 is 0 Å². The van der Waals surface area contributed by atoms with E-state index in [1.54, 1.807) is 0 Å². The van der Waals surface area contributed by atoms with Gasteiger partial charge in [-0.1, -0.05) is 192 Å². The summed E-state index contributed by atoms with van der Waals surface area (Å²) >= 11 is 0. The number of hydrogen-bond donors (Lipinski definition) is 0. The molecule has 0 spiro atoms. The number of benzene rings is 14. The largest absolute Gasteiger partial charge is 0.311 e. The summed E-state index contributed by atoms with van der Waals surface area (Å²) in [5.74, 6) is 0. The Bertz CT molecular complexity index is 6170. The lowest BCUT2D eigenvalue weighted by Gasteiger charge is -2.45. The van der Waals surface area contributed by atoms with Gasteiger partial charge in [-0.3, -0.25) is 0 Å². The zero-order chi connectivity index (χ0) is 65.1. The van der Waals surface area contributed by atoms with E-state index in [4.69, 9.17) is 0 Å². The van der Waals surface area contributed by atoms with E-state index in [0.717, 1.165) is 34.1 Å². The first-order chi connectivity index (χ1) is 48.1. The van der Waals surface area contributed by atoms with Crippen molar-refractivity contribution in [1.29, 1.82) is 0 Å². The minimum Gasteiger partial charge on any atom is -0.311 e. The number of aryl methyl sites for hydroxylation is 6. The molecule has 0 N–H and O–H groups in total. The van der Waals surface area contributed by atoms with Gasteiger partial charge in [-0.15, -0.1) is 0 Å². The van der Waals surface area contributed by atoms with E-state index in [-0.39, 0.29) is 13.4 Å². The van der Waals surface area contributed by atoms with Gasteiger partial charge in [0.25, 0.3) is 13.4 Å². The number of fused-ring (bicyclic) bond motifs is 17. The minimum absolute atomic E-state index is 0.0207. The second kappa shape index (κ2) is 20.3. The highest BCUT2D eigenvalue weighted by atomic mass is 15.2. The fraction of sp³-hybridized carbons (Fsp3) is 0.0667. The van der Waals surface area contributed by atoms with E-state index in [1.165, 1.54) is 177 Å². The smallest absolute Gasteiger partial charge is 0.252 e. The Morgan fingerprint density at radius 1 is 0.265 bits per heavy atom. The van der Waals surface area contributed by atoms with Gasteiger partial charge in [0.2, 0.25) is 0 Å². The SMILES string of the molecule is Cc1ccc(N(c2ccc(C)c(-c3cc4c5c(c3)c3ccccc3n5-c3cc(-n5c6ccccc6c6ccccc65)cc5c3B4c3cccc4c6ccccc6n-5c34)c2)c2cc3c4c(c2)N(c2ccc(C)cc2)c2ccc(C)cc2B4c2cc(C)ccc2N3c2ccc(C)cc2)cc1. The average molecular weight is 1250 g/mol. The maximum absolute atomic E-state index is 2.63. The van der Waals surface area contributed by atoms with Crippen LogP contribution in [0.4, 0.5) is 51.2 Å². The van der Waals surface area contributed by atoms with Gasteiger partial charge >= 0.3 is 0 Å². The van der Waals surface area contributed by atoms with Crippen molar-refractivity contribution in [2.45, 2.75) is 41.5 Å². The van der Waals surface area contributed by atoms with Crippen molar-refractivity contribution in [3.63, 3.8) is 0 Å². The molecular formula is C90H64B2N6. The van der Waals surface area contributed by atoms with Crippen molar-refractivity contribution in [2.75, 3.05) is 14.7 Å². The molecule has 21 rings (SSSR count). The molecule has 4 aliphatic heterocycles. The Morgan fingerprint density at radius 3 is 1.26 bits per heavy atom. The fourth-order valence-electron chi connectivity index (χ4n) is 17.9. The van der Waals surface area contributed by atoms with Gasteiger partial charge in [0.05, 0.1) is 33.4 Å². The Labute approximate surface area is 569 Å². The predicted octanol–water partition coefficient (Wildman–Crippen LogP) is 19.2. The van der Waals surface area contributed by atoms with E-state index in [0.29, 0.717) is 0 Å². The quantitative estimate of drug-likeness (QED) is 0.149. The zero-order valence-corrected chi connectivity index (χ0v) is 55.4. The van der Waals surface area contributed by atoms with Crippen LogP contribution in [0.5, 0.6) is 0 Å². The van der Waals surface area contributed by atoms with Crippen LogP contribution in [0.15, 0.2) is 279 Å². The van der Waals surface area contributed by atoms with E-state index < -0.39 is 0 Å². The van der Waals surface area contributed by atoms with Gasteiger partial charge in [0.1, 0.15) is 0 Å². The van der Waals surface area contributed by atoms with Gasteiger partial charge in [-0.25, -0.2) is 0 Å². The van der Waals surface area contributed by atoms with Crippen molar-refractivity contribution in [1.82, 2.24) is 13.7 Å². The Hall–Kier alpha value is -12.0. The lowest BCUT2D eigenvalue weighted by Crippen LogP contribution is -2.61. The molecule has 0 bridgehead atoms. The van der Waals surface area contributed by atoms with Crippen LogP contribution < -0.4 is 47.5 Å². The van der Waals surface area contributed by atoms with Gasteiger partial charge in [-0.2, -0.15) is 0 Å². The Morgan fingerprint density at radius 2 is 0.704 bits per heavy atom. The number of nitrogens with zero attached hydrogens (tertiary/aromatic N) is 6. The van der Waals surface area contributed by atoms with E-state index in [2.05, 4.69) is 349 Å². The summed E-state index contributed by atoms with van der Waals surface area (Å²) in [6, 6.07) is 107. The molecule has 0 radical (unpaired) electrons. The topological polar surface area (TPSA) is 24.5 Å². The predicted molar refractivity (Wildman–Crippen MR) is 417 cm³/mol. The number of aromatic nitrogens is 3. The third kappa shape index (κ3) is 7.65. The highest BCUT2D eigenvalue weighted by molar-refractivity contribution is 7.01. The molecule has 0 saturated heterocycles. The molecule has 0 aliphatic carbocycles. The van der Waals surface area contributed by atoms with E-state index in [1.807, 2.05) is 0 Å². The molecule has 4 aliphatic rings. The third-order valence-electron chi connectivity index (χ3n) is 22.2. The summed E-state index contributed by atoms with van der Waals surface area (Å²) in [6.45, 7) is 13.2. The van der Waals surface area contributed by atoms with Crippen LogP contribution in [-0.4, -0.2) is 27.1 Å². The molecule has 98 heavy (non-hydrogen) atoms. The third-order valence-corrected chi connectivity index (χ3v) is 22.2. The van der Waals surface area contributed by atoms with Crippen molar-refractivity contribution in [3.8, 4) is 28.2 Å². The van der Waals surface area contributed by atoms with Crippen LogP contribution in [0.25, 0.3) is 93.6 Å². The summed E-state index contributed by atoms with van der Waals surface area (Å²) in [5.41, 5.74) is 38.8. The molecular weight excluding hydrogens is 1190 g/mol. The van der Waals surface area contributed by atoms with Gasteiger partial charge in [-0.05, 0) is 206 Å². The van der Waals surface area contributed by atoms with Crippen LogP contribution in [0.3, 0.4) is 0 Å². The van der Waals surface area contributed by atoms with Gasteiger partial charge < -0.3 is 28.4 Å². The Kier molecular flexibility index (Phi) is 11.4. The maximum atomic E-state index is 2.63. The molecule has 0 saturated carbocycles. The molecule has 0 fully saturated rings. The normalized spacial score (nSPS) is 13.1. The second-order valence-corrected chi connectivity index (χ2v) is 28.1. The molecule has 6 nitrogen and oxygen atoms in total. The van der Waals surface area contributed by atoms with Gasteiger partial charge in [0.15, 0.2) is 0 Å². The fourth-order valence-corrected chi connectivity index (χ4v) is 17.9. The van der Waals surface area contributed by atoms with Crippen LogP contribution in [0, 0.1) is 41.5 Å². The molecule has 0 atom stereocenters. The number of rotatable bonds is 7. The number of anilines is 9. The van der Waals surface area contributed by atoms with Crippen molar-refractivity contribution in [2.24, 2.45) is 0 Å². The summed E-state index contributed by atoms with van der Waals surface area (Å²) < 4.78 is 7.74. The van der Waals surface area contributed by atoms with E-state index >= 15 is 0 Å². The molecule has 0 amide bonds. The first-order valence-corrected chi connectivity index (χ1v) is 34.5. The van der Waals surface area contributed by atoms with Crippen LogP contribution in [0.2, 0.25) is 0 Å². The minimum atomic E-state index is -0.0770. The molecule has 7 heterocycles. The number of hydrogen-bond acceptors (Lipinski definition) is 3. The van der Waals surface area contributed by atoms with Crippen LogP contribution >= 0.6 is 0 Å². The Balaban J connectivity index is 0.822. The zero-order valence-electron chi connectivity index (χ0n) is 55.4. The molecule has 3 aromatic heterocycles. The lowest BCUT2D eigenvalue weighted by molar-refractivity contribution is 1.10. The first-order valence-electron chi connectivity index (χ1n) is 34.5. The van der Waals surface area contributed by atoms with Gasteiger partial charge in [0, 0.05) is 100 Å². The average Bonchev–Trinajstić information content (AvgIpc) is 1.40. The summed E-state index contributed by atoms with van der Waals surface area (Å²) in [4.78, 5) is 7.62. The standard InChI is InChI=1S/C90H64B2N6/c1-53-26-35-60(36-27-53)93(64-49-83-87-84(50-64)95(62-39-30-55(3)31-40-62)82-43-33-57(5)45-75(82)92(87)74-44-56(4)32-42-81(74)94(83)61-37-28-54(2)29-38-61)63-41-34-58(6)71(48-63)59-46-72-69-19-10-14-25-80(69)98-86-52-65(96-77-22-11-7-16-66(77)67-17-8-12-23-78(67)96)51-85-88(86)91(76(47-59)90(72)98)73-21-15-20-70-68-18-9-13-24-79(68)97(85)89(70)73/h7-52H,1-6H3. The van der Waals surface area contributed by atoms with E-state index in [9.17, 15) is 0 Å². The molecule has 0 unspecified atom stereocenters. The highest BCUT2D eigenvalue weighted by Crippen LogP contribution is 2.50. The monoisotopic (exact) mass is 1250 g/mol. The summed E-state index contributed by atoms with van der Waals surface area (Å²) in [5, 5.41) is 7.54. The summed E-state index contributed by atoms with van der Waals surface area (Å²) in [7, 11) is 0. The molecule has 460 valence electrons. The van der Waals surface area contributed by atoms with Crippen LogP contribution in [0.1, 0.15) is 33.4 Å². The lowest BCUT2D eigenvalue weighted by atomic mass is 9.33. The molecule has 14 aromatic carbocycles. The van der Waals surface area contributed by atoms with Crippen LogP contribution in [-0.2, 0) is 0 Å². The number of para-hydroxylation sites is 5. The highest BCUT2D eigenvalue weighted by Gasteiger charge is 2.46. The maximum Gasteiger partial charge on any atom is 0.252 e. The van der Waals surface area contributed by atoms with Crippen molar-refractivity contribution >= 4 is 163 Å². The summed E-state index contributed by atoms with van der Waals surface area (Å²) in [6.07, 6.45) is 0. The molecule has 17 aromatic rings. The molecule has 8 heteroatoms. The second-order valence-electron chi connectivity index (χ2n) is 28.1. The first kappa shape index (κ1) is 55.3.